The summed E-state index contributed by atoms with van der Waals surface area (Å²) in [6, 6.07) is 15.8. The van der Waals surface area contributed by atoms with Gasteiger partial charge in [-0.1, -0.05) is 30.3 Å². The van der Waals surface area contributed by atoms with Crippen molar-refractivity contribution < 1.29 is 0 Å². The van der Waals surface area contributed by atoms with Crippen LogP contribution in [0.1, 0.15) is 11.4 Å². The molecule has 0 spiro atoms. The number of benzene rings is 1. The second kappa shape index (κ2) is 6.83. The van der Waals surface area contributed by atoms with E-state index < -0.39 is 0 Å². The van der Waals surface area contributed by atoms with Crippen LogP contribution in [0.4, 0.5) is 5.69 Å². The van der Waals surface area contributed by atoms with Gasteiger partial charge in [0.2, 0.25) is 0 Å². The normalized spacial score (nSPS) is 10.1. The van der Waals surface area contributed by atoms with Crippen LogP contribution in [-0.2, 0) is 6.42 Å². The topological polar surface area (TPSA) is 61.6 Å². The van der Waals surface area contributed by atoms with Gasteiger partial charge in [0.1, 0.15) is 16.8 Å². The summed E-state index contributed by atoms with van der Waals surface area (Å²) >= 11 is 1.67. The van der Waals surface area contributed by atoms with Gasteiger partial charge in [0, 0.05) is 23.9 Å². The van der Waals surface area contributed by atoms with E-state index in [1.807, 2.05) is 30.3 Å². The Balaban J connectivity index is 1.56. The van der Waals surface area contributed by atoms with Gasteiger partial charge in [-0.25, -0.2) is 9.97 Å². The van der Waals surface area contributed by atoms with E-state index in [0.29, 0.717) is 5.69 Å². The first-order valence-electron chi connectivity index (χ1n) is 6.95. The third kappa shape index (κ3) is 3.48. The summed E-state index contributed by atoms with van der Waals surface area (Å²) in [7, 11) is 0. The average molecular weight is 306 g/mol. The maximum Gasteiger partial charge on any atom is 0.140 e. The number of nitriles is 1. The number of anilines is 1. The summed E-state index contributed by atoms with van der Waals surface area (Å²) in [5, 5.41) is 15.1. The largest absolute Gasteiger partial charge is 0.383 e. The third-order valence-electron chi connectivity index (χ3n) is 3.16. The molecule has 0 unspecified atom stereocenters. The Morgan fingerprint density at radius 1 is 1.14 bits per heavy atom. The molecule has 0 radical (unpaired) electrons. The van der Waals surface area contributed by atoms with Gasteiger partial charge in [-0.2, -0.15) is 5.26 Å². The van der Waals surface area contributed by atoms with E-state index in [1.165, 1.54) is 0 Å². The molecule has 0 aliphatic carbocycles. The lowest BCUT2D eigenvalue weighted by atomic mass is 10.2. The van der Waals surface area contributed by atoms with Crippen molar-refractivity contribution >= 4 is 17.0 Å². The Morgan fingerprint density at radius 3 is 2.73 bits per heavy atom. The maximum absolute atomic E-state index is 8.71. The monoisotopic (exact) mass is 306 g/mol. The highest BCUT2D eigenvalue weighted by Crippen LogP contribution is 2.23. The molecule has 1 aromatic carbocycles. The minimum atomic E-state index is 0.428. The van der Waals surface area contributed by atoms with Gasteiger partial charge in [0.15, 0.2) is 0 Å². The van der Waals surface area contributed by atoms with Crippen LogP contribution in [0.3, 0.4) is 0 Å². The van der Waals surface area contributed by atoms with E-state index in [4.69, 9.17) is 5.26 Å². The fourth-order valence-electron chi connectivity index (χ4n) is 2.03. The quantitative estimate of drug-likeness (QED) is 0.780. The maximum atomic E-state index is 8.71. The molecule has 0 atom stereocenters. The number of nitrogens with zero attached hydrogens (tertiary/aromatic N) is 3. The van der Waals surface area contributed by atoms with Gasteiger partial charge in [-0.3, -0.25) is 0 Å². The third-order valence-corrected chi connectivity index (χ3v) is 4.10. The van der Waals surface area contributed by atoms with Crippen LogP contribution in [0.5, 0.6) is 0 Å². The highest BCUT2D eigenvalue weighted by atomic mass is 32.1. The Kier molecular flexibility index (Phi) is 4.42. The van der Waals surface area contributed by atoms with Crippen molar-refractivity contribution in [3.63, 3.8) is 0 Å². The van der Waals surface area contributed by atoms with Crippen molar-refractivity contribution in [2.75, 3.05) is 11.9 Å². The number of hydrogen-bond acceptors (Lipinski definition) is 5. The zero-order valence-electron chi connectivity index (χ0n) is 11.9. The summed E-state index contributed by atoms with van der Waals surface area (Å²) in [6.45, 7) is 0.783. The zero-order valence-corrected chi connectivity index (χ0v) is 12.7. The van der Waals surface area contributed by atoms with Crippen molar-refractivity contribution in [2.24, 2.45) is 0 Å². The molecule has 0 saturated heterocycles. The van der Waals surface area contributed by atoms with E-state index in [9.17, 15) is 0 Å². The van der Waals surface area contributed by atoms with Crippen molar-refractivity contribution in [2.45, 2.75) is 6.42 Å². The van der Waals surface area contributed by atoms with Crippen molar-refractivity contribution in [1.29, 1.82) is 5.26 Å². The Hall–Kier alpha value is -2.71. The van der Waals surface area contributed by atoms with Crippen LogP contribution in [0.15, 0.2) is 54.0 Å². The van der Waals surface area contributed by atoms with Gasteiger partial charge in [0.25, 0.3) is 0 Å². The summed E-state index contributed by atoms with van der Waals surface area (Å²) in [4.78, 5) is 8.69. The molecule has 2 heterocycles. The van der Waals surface area contributed by atoms with Crippen LogP contribution < -0.4 is 5.32 Å². The molecular formula is C17H14N4S. The first kappa shape index (κ1) is 14.2. The standard InChI is InChI=1S/C17H14N4S/c18-10-14-6-7-15(11-20-14)19-9-8-16-12-22-17(21-16)13-4-2-1-3-5-13/h1-7,11-12,19H,8-9H2. The molecule has 22 heavy (non-hydrogen) atoms. The molecule has 0 amide bonds. The SMILES string of the molecule is N#Cc1ccc(NCCc2csc(-c3ccccc3)n2)cn1. The number of thiazole rings is 1. The van der Waals surface area contributed by atoms with Crippen molar-refractivity contribution in [3.8, 4) is 16.6 Å². The predicted octanol–water partition coefficient (Wildman–Crippen LogP) is 3.73. The van der Waals surface area contributed by atoms with Gasteiger partial charge in [-0.05, 0) is 12.1 Å². The van der Waals surface area contributed by atoms with Gasteiger partial charge in [0.05, 0.1) is 17.6 Å². The molecule has 2 aromatic heterocycles. The smallest absolute Gasteiger partial charge is 0.140 e. The van der Waals surface area contributed by atoms with Crippen molar-refractivity contribution in [3.05, 3.63) is 65.4 Å². The zero-order chi connectivity index (χ0) is 15.2. The number of aromatic nitrogens is 2. The number of nitrogens with one attached hydrogen (secondary N) is 1. The molecule has 1 N–H and O–H groups in total. The van der Waals surface area contributed by atoms with Gasteiger partial charge >= 0.3 is 0 Å². The molecule has 0 fully saturated rings. The minimum Gasteiger partial charge on any atom is -0.383 e. The van der Waals surface area contributed by atoms with Crippen LogP contribution in [0.2, 0.25) is 0 Å². The fourth-order valence-corrected chi connectivity index (χ4v) is 2.89. The summed E-state index contributed by atoms with van der Waals surface area (Å²) in [5.74, 6) is 0. The summed E-state index contributed by atoms with van der Waals surface area (Å²) < 4.78 is 0. The van der Waals surface area contributed by atoms with E-state index in [1.54, 1.807) is 23.6 Å². The van der Waals surface area contributed by atoms with Gasteiger partial charge in [-0.15, -0.1) is 11.3 Å². The van der Waals surface area contributed by atoms with Crippen molar-refractivity contribution in [1.82, 2.24) is 9.97 Å². The first-order chi connectivity index (χ1) is 10.8. The number of hydrogen-bond donors (Lipinski definition) is 1. The predicted molar refractivity (Wildman–Crippen MR) is 88.7 cm³/mol. The van der Waals surface area contributed by atoms with Crippen LogP contribution >= 0.6 is 11.3 Å². The fraction of sp³-hybridized carbons (Fsp3) is 0.118. The summed E-state index contributed by atoms with van der Waals surface area (Å²) in [5.41, 5.74) is 3.58. The van der Waals surface area contributed by atoms with Crippen LogP contribution in [0, 0.1) is 11.3 Å². The average Bonchev–Trinajstić information content (AvgIpc) is 3.05. The second-order valence-electron chi connectivity index (χ2n) is 4.73. The highest BCUT2D eigenvalue weighted by Gasteiger charge is 2.04. The Morgan fingerprint density at radius 2 is 2.00 bits per heavy atom. The molecule has 108 valence electrons. The molecule has 5 heteroatoms. The number of pyridine rings is 1. The molecule has 0 aliphatic rings. The van der Waals surface area contributed by atoms with E-state index in [-0.39, 0.29) is 0 Å². The summed E-state index contributed by atoms with van der Waals surface area (Å²) in [6.07, 6.45) is 2.53. The Bertz CT molecular complexity index is 772. The molecule has 0 saturated carbocycles. The molecule has 0 bridgehead atoms. The molecule has 0 aliphatic heterocycles. The van der Waals surface area contributed by atoms with Crippen LogP contribution in [0.25, 0.3) is 10.6 Å². The number of rotatable bonds is 5. The van der Waals surface area contributed by atoms with E-state index in [0.717, 1.165) is 34.9 Å². The van der Waals surface area contributed by atoms with E-state index in [2.05, 4.69) is 32.8 Å². The second-order valence-corrected chi connectivity index (χ2v) is 5.59. The lowest BCUT2D eigenvalue weighted by molar-refractivity contribution is 0.976. The van der Waals surface area contributed by atoms with E-state index >= 15 is 0 Å². The first-order valence-corrected chi connectivity index (χ1v) is 7.83. The highest BCUT2D eigenvalue weighted by molar-refractivity contribution is 7.13. The molecule has 3 rings (SSSR count). The van der Waals surface area contributed by atoms with Crippen LogP contribution in [-0.4, -0.2) is 16.5 Å². The molecular weight excluding hydrogens is 292 g/mol. The minimum absolute atomic E-state index is 0.428. The molecule has 4 nitrogen and oxygen atoms in total. The molecule has 3 aromatic rings. The van der Waals surface area contributed by atoms with Gasteiger partial charge < -0.3 is 5.32 Å². The lowest BCUT2D eigenvalue weighted by Gasteiger charge is -2.04. The Labute approximate surface area is 133 Å². The lowest BCUT2D eigenvalue weighted by Crippen LogP contribution is -2.05.